The summed E-state index contributed by atoms with van der Waals surface area (Å²) in [6.45, 7) is 0.597. The van der Waals surface area contributed by atoms with Gasteiger partial charge in [0.2, 0.25) is 0 Å². The quantitative estimate of drug-likeness (QED) is 0.560. The first-order valence-electron chi connectivity index (χ1n) is 8.75. The Morgan fingerprint density at radius 2 is 1.68 bits per heavy atom. The largest absolute Gasteiger partial charge is 0.496 e. The molecule has 1 heterocycles. The third-order valence-electron chi connectivity index (χ3n) is 4.48. The van der Waals surface area contributed by atoms with Crippen LogP contribution in [-0.2, 0) is 22.7 Å². The van der Waals surface area contributed by atoms with Crippen molar-refractivity contribution in [1.82, 2.24) is 9.80 Å². The van der Waals surface area contributed by atoms with E-state index in [-0.39, 0.29) is 13.2 Å². The average Bonchev–Trinajstić information content (AvgIpc) is 2.87. The summed E-state index contributed by atoms with van der Waals surface area (Å²) in [5.41, 5.74) is 1.63. The number of methoxy groups -OCH3 is 1. The second-order valence-electron chi connectivity index (χ2n) is 6.64. The number of carbonyl (C=O) groups is 3. The lowest BCUT2D eigenvalue weighted by atomic mass is 10.2. The van der Waals surface area contributed by atoms with Gasteiger partial charge in [0.1, 0.15) is 12.3 Å². The van der Waals surface area contributed by atoms with Gasteiger partial charge in [0, 0.05) is 10.6 Å². The second kappa shape index (κ2) is 8.41. The van der Waals surface area contributed by atoms with Crippen molar-refractivity contribution in [3.8, 4) is 5.75 Å². The molecule has 3 rings (SSSR count). The van der Waals surface area contributed by atoms with Crippen molar-refractivity contribution in [2.45, 2.75) is 13.1 Å². The van der Waals surface area contributed by atoms with Crippen LogP contribution in [0.25, 0.3) is 0 Å². The molecule has 0 spiro atoms. The van der Waals surface area contributed by atoms with Crippen molar-refractivity contribution in [3.05, 3.63) is 64.7 Å². The third-order valence-corrected chi connectivity index (χ3v) is 4.72. The summed E-state index contributed by atoms with van der Waals surface area (Å²) in [6, 6.07) is 13.8. The van der Waals surface area contributed by atoms with Crippen molar-refractivity contribution in [1.29, 1.82) is 0 Å². The lowest BCUT2D eigenvalue weighted by Gasteiger charge is -2.21. The molecule has 0 bridgehead atoms. The molecule has 146 valence electrons. The van der Waals surface area contributed by atoms with E-state index in [0.717, 1.165) is 25.8 Å². The third kappa shape index (κ3) is 4.16. The molecule has 0 saturated carbocycles. The summed E-state index contributed by atoms with van der Waals surface area (Å²) in [5.74, 6) is -0.940. The first-order chi connectivity index (χ1) is 13.4. The minimum atomic E-state index is -0.807. The molecule has 28 heavy (non-hydrogen) atoms. The van der Waals surface area contributed by atoms with Gasteiger partial charge >= 0.3 is 17.8 Å². The van der Waals surface area contributed by atoms with Gasteiger partial charge in [0.25, 0.3) is 0 Å². The Morgan fingerprint density at radius 3 is 2.36 bits per heavy atom. The molecular weight excluding hydrogens is 382 g/mol. The summed E-state index contributed by atoms with van der Waals surface area (Å²) in [5, 5.41) is 0.570. The lowest BCUT2D eigenvalue weighted by Crippen LogP contribution is -3.09. The summed E-state index contributed by atoms with van der Waals surface area (Å²) in [4.78, 5) is 40.1. The SMILES string of the molecule is COc1ccc(Cl)cc1C[NH+](C)CN1C(=O)C(=O)N(Cc2ccccc2)C1=O. The van der Waals surface area contributed by atoms with Gasteiger partial charge in [-0.2, -0.15) is 0 Å². The first-order valence-corrected chi connectivity index (χ1v) is 9.13. The van der Waals surface area contributed by atoms with Crippen molar-refractivity contribution in [2.75, 3.05) is 20.8 Å². The highest BCUT2D eigenvalue weighted by Gasteiger charge is 2.45. The molecule has 1 N–H and O–H groups in total. The van der Waals surface area contributed by atoms with Gasteiger partial charge in [-0.25, -0.2) is 9.69 Å². The number of carbonyl (C=O) groups excluding carboxylic acids is 3. The number of benzene rings is 2. The zero-order valence-corrected chi connectivity index (χ0v) is 16.4. The number of rotatable bonds is 7. The van der Waals surface area contributed by atoms with E-state index < -0.39 is 17.8 Å². The van der Waals surface area contributed by atoms with E-state index in [1.807, 2.05) is 25.2 Å². The standard InChI is InChI=1S/C20H20ClN3O4/c1-22(12-15-10-16(21)8-9-17(15)28-2)13-24-19(26)18(25)23(20(24)27)11-14-6-4-3-5-7-14/h3-10H,11-13H2,1-2H3/p+1. The fraction of sp³-hybridized carbons (Fsp3) is 0.250. The topological polar surface area (TPSA) is 71.4 Å². The van der Waals surface area contributed by atoms with Crippen LogP contribution in [0.1, 0.15) is 11.1 Å². The molecule has 1 aliphatic heterocycles. The zero-order chi connectivity index (χ0) is 20.3. The van der Waals surface area contributed by atoms with Crippen LogP contribution in [0.5, 0.6) is 5.75 Å². The van der Waals surface area contributed by atoms with Gasteiger partial charge in [-0.15, -0.1) is 0 Å². The molecule has 0 aromatic heterocycles. The van der Waals surface area contributed by atoms with Crippen LogP contribution in [-0.4, -0.2) is 48.5 Å². The van der Waals surface area contributed by atoms with Gasteiger partial charge in [-0.3, -0.25) is 14.5 Å². The van der Waals surface area contributed by atoms with E-state index in [2.05, 4.69) is 0 Å². The Morgan fingerprint density at radius 1 is 1.00 bits per heavy atom. The fourth-order valence-electron chi connectivity index (χ4n) is 3.13. The lowest BCUT2D eigenvalue weighted by molar-refractivity contribution is -0.901. The van der Waals surface area contributed by atoms with E-state index >= 15 is 0 Å². The number of imide groups is 2. The van der Waals surface area contributed by atoms with Gasteiger partial charge in [0.15, 0.2) is 6.67 Å². The molecule has 2 aromatic carbocycles. The van der Waals surface area contributed by atoms with Crippen molar-refractivity contribution in [2.24, 2.45) is 0 Å². The minimum absolute atomic E-state index is 0.0599. The summed E-state index contributed by atoms with van der Waals surface area (Å²) in [6.07, 6.45) is 0. The number of hydrogen-bond acceptors (Lipinski definition) is 4. The zero-order valence-electron chi connectivity index (χ0n) is 15.6. The maximum Gasteiger partial charge on any atom is 0.339 e. The Bertz CT molecular complexity index is 904. The minimum Gasteiger partial charge on any atom is -0.496 e. The molecule has 1 unspecified atom stereocenters. The van der Waals surface area contributed by atoms with Crippen LogP contribution in [0.4, 0.5) is 4.79 Å². The first kappa shape index (κ1) is 19.9. The predicted molar refractivity (Wildman–Crippen MR) is 103 cm³/mol. The predicted octanol–water partition coefficient (Wildman–Crippen LogP) is 1.31. The molecule has 7 nitrogen and oxygen atoms in total. The van der Waals surface area contributed by atoms with E-state index in [9.17, 15) is 14.4 Å². The van der Waals surface area contributed by atoms with Crippen LogP contribution in [0.2, 0.25) is 5.02 Å². The van der Waals surface area contributed by atoms with E-state index in [4.69, 9.17) is 16.3 Å². The molecule has 4 amide bonds. The molecule has 1 aliphatic rings. The summed E-state index contributed by atoms with van der Waals surface area (Å²) in [7, 11) is 3.39. The number of urea groups is 1. The average molecular weight is 403 g/mol. The van der Waals surface area contributed by atoms with Gasteiger partial charge < -0.3 is 9.64 Å². The molecule has 2 aromatic rings. The molecule has 0 radical (unpaired) electrons. The van der Waals surface area contributed by atoms with Crippen molar-refractivity contribution < 1.29 is 24.0 Å². The van der Waals surface area contributed by atoms with Crippen LogP contribution in [0.15, 0.2) is 48.5 Å². The number of nitrogens with zero attached hydrogens (tertiary/aromatic N) is 2. The molecule has 1 atom stereocenters. The molecule has 0 aliphatic carbocycles. The number of quaternary nitrogens is 1. The molecule has 1 fully saturated rings. The van der Waals surface area contributed by atoms with Crippen molar-refractivity contribution in [3.63, 3.8) is 0 Å². The van der Waals surface area contributed by atoms with Crippen LogP contribution >= 0.6 is 11.6 Å². The van der Waals surface area contributed by atoms with Gasteiger partial charge in [0.05, 0.1) is 20.7 Å². The van der Waals surface area contributed by atoms with E-state index in [1.165, 1.54) is 0 Å². The van der Waals surface area contributed by atoms with Crippen LogP contribution in [0.3, 0.4) is 0 Å². The summed E-state index contributed by atoms with van der Waals surface area (Å²) >= 11 is 6.05. The normalized spacial score (nSPS) is 15.3. The Labute approximate surface area is 168 Å². The Kier molecular flexibility index (Phi) is 5.96. The van der Waals surface area contributed by atoms with E-state index in [1.54, 1.807) is 37.4 Å². The Hall–Kier alpha value is -2.90. The van der Waals surface area contributed by atoms with Gasteiger partial charge in [-0.05, 0) is 23.8 Å². The van der Waals surface area contributed by atoms with E-state index in [0.29, 0.717) is 17.3 Å². The molecular formula is C20H21ClN3O4+. The maximum atomic E-state index is 12.6. The van der Waals surface area contributed by atoms with Crippen LogP contribution < -0.4 is 9.64 Å². The summed E-state index contributed by atoms with van der Waals surface area (Å²) < 4.78 is 5.33. The maximum absolute atomic E-state index is 12.6. The smallest absolute Gasteiger partial charge is 0.339 e. The van der Waals surface area contributed by atoms with Gasteiger partial charge in [-0.1, -0.05) is 41.9 Å². The highest BCUT2D eigenvalue weighted by molar-refractivity contribution is 6.44. The second-order valence-corrected chi connectivity index (χ2v) is 7.08. The number of amides is 4. The Balaban J connectivity index is 1.70. The fourth-order valence-corrected chi connectivity index (χ4v) is 3.33. The van der Waals surface area contributed by atoms with Crippen molar-refractivity contribution >= 4 is 29.4 Å². The number of hydrogen-bond donors (Lipinski definition) is 1. The van der Waals surface area contributed by atoms with Crippen LogP contribution in [0, 0.1) is 0 Å². The molecule has 8 heteroatoms. The monoisotopic (exact) mass is 402 g/mol. The number of ether oxygens (including phenoxy) is 1. The number of nitrogens with one attached hydrogen (secondary N) is 1. The number of halogens is 1. The highest BCUT2D eigenvalue weighted by Crippen LogP contribution is 2.22. The molecule has 1 saturated heterocycles. The highest BCUT2D eigenvalue weighted by atomic mass is 35.5.